The van der Waals surface area contributed by atoms with Crippen molar-refractivity contribution in [2.75, 3.05) is 0 Å². The van der Waals surface area contributed by atoms with Crippen molar-refractivity contribution in [1.29, 1.82) is 0 Å². The first kappa shape index (κ1) is 13.6. The molecule has 1 fully saturated rings. The molecule has 1 aliphatic rings. The Labute approximate surface area is 110 Å². The van der Waals surface area contributed by atoms with Crippen LogP contribution in [0.3, 0.4) is 0 Å². The first-order valence-electron chi connectivity index (χ1n) is 6.79. The molecule has 1 aliphatic heterocycles. The highest BCUT2D eigenvalue weighted by Gasteiger charge is 2.37. The monoisotopic (exact) mass is 250 g/mol. The van der Waals surface area contributed by atoms with Crippen LogP contribution >= 0.6 is 0 Å². The second-order valence-corrected chi connectivity index (χ2v) is 6.87. The van der Waals surface area contributed by atoms with Gasteiger partial charge in [0, 0.05) is 35.6 Å². The van der Waals surface area contributed by atoms with E-state index in [-0.39, 0.29) is 11.1 Å². The molecule has 2 heterocycles. The Morgan fingerprint density at radius 3 is 2.39 bits per heavy atom. The van der Waals surface area contributed by atoms with Gasteiger partial charge in [-0.1, -0.05) is 0 Å². The van der Waals surface area contributed by atoms with Gasteiger partial charge in [-0.2, -0.15) is 0 Å². The average molecular weight is 250 g/mol. The van der Waals surface area contributed by atoms with Gasteiger partial charge in [-0.15, -0.1) is 0 Å². The van der Waals surface area contributed by atoms with Gasteiger partial charge in [-0.3, -0.25) is 0 Å². The largest absolute Gasteiger partial charge is 0.345 e. The highest BCUT2D eigenvalue weighted by atomic mass is 15.1. The second kappa shape index (κ2) is 4.67. The lowest BCUT2D eigenvalue weighted by Gasteiger charge is -2.46. The standard InChI is InChI=1S/C14H26N4/c1-10-15-8-12(17-10)9-16-11-6-13(2,3)18-14(4,5)7-11/h8,11,16,18H,6-7,9H2,1-5H3,(H,15,17). The third kappa shape index (κ3) is 3.56. The van der Waals surface area contributed by atoms with Gasteiger partial charge in [0.05, 0.1) is 0 Å². The van der Waals surface area contributed by atoms with Crippen molar-refractivity contribution in [3.8, 4) is 0 Å². The zero-order valence-corrected chi connectivity index (χ0v) is 12.2. The number of imidazole rings is 1. The van der Waals surface area contributed by atoms with Crippen LogP contribution in [0.1, 0.15) is 52.1 Å². The van der Waals surface area contributed by atoms with Crippen molar-refractivity contribution in [1.82, 2.24) is 20.6 Å². The maximum Gasteiger partial charge on any atom is 0.103 e. The van der Waals surface area contributed by atoms with Gasteiger partial charge in [-0.05, 0) is 47.5 Å². The van der Waals surface area contributed by atoms with E-state index in [2.05, 4.69) is 48.3 Å². The molecule has 0 amide bonds. The molecule has 102 valence electrons. The summed E-state index contributed by atoms with van der Waals surface area (Å²) in [7, 11) is 0. The molecule has 4 heteroatoms. The average Bonchev–Trinajstić information content (AvgIpc) is 2.56. The van der Waals surface area contributed by atoms with E-state index in [0.717, 1.165) is 25.2 Å². The van der Waals surface area contributed by atoms with Crippen LogP contribution in [0.2, 0.25) is 0 Å². The minimum atomic E-state index is 0.198. The fourth-order valence-electron chi connectivity index (χ4n) is 3.28. The molecular weight excluding hydrogens is 224 g/mol. The molecular formula is C14H26N4. The van der Waals surface area contributed by atoms with Crippen LogP contribution in [0, 0.1) is 6.92 Å². The fraction of sp³-hybridized carbons (Fsp3) is 0.786. The van der Waals surface area contributed by atoms with Crippen LogP contribution in [0.4, 0.5) is 0 Å². The van der Waals surface area contributed by atoms with Gasteiger partial charge in [-0.25, -0.2) is 4.98 Å². The van der Waals surface area contributed by atoms with Crippen LogP contribution in [0.25, 0.3) is 0 Å². The first-order valence-corrected chi connectivity index (χ1v) is 6.79. The minimum absolute atomic E-state index is 0.198. The summed E-state index contributed by atoms with van der Waals surface area (Å²) in [5, 5.41) is 7.36. The highest BCUT2D eigenvalue weighted by molar-refractivity contribution is 5.03. The normalized spacial score (nSPS) is 23.2. The Bertz CT molecular complexity index is 390. The maximum absolute atomic E-state index is 4.23. The van der Waals surface area contributed by atoms with Gasteiger partial charge in [0.25, 0.3) is 0 Å². The quantitative estimate of drug-likeness (QED) is 0.770. The van der Waals surface area contributed by atoms with E-state index >= 15 is 0 Å². The third-order valence-corrected chi connectivity index (χ3v) is 3.53. The molecule has 4 nitrogen and oxygen atoms in total. The topological polar surface area (TPSA) is 52.7 Å². The Balaban J connectivity index is 1.93. The predicted octanol–water partition coefficient (Wildman–Crippen LogP) is 2.12. The lowest BCUT2D eigenvalue weighted by atomic mass is 9.79. The molecule has 0 aromatic carbocycles. The summed E-state index contributed by atoms with van der Waals surface area (Å²) in [6.45, 7) is 12.0. The Morgan fingerprint density at radius 1 is 1.28 bits per heavy atom. The summed E-state index contributed by atoms with van der Waals surface area (Å²) >= 11 is 0. The van der Waals surface area contributed by atoms with E-state index in [1.165, 1.54) is 5.69 Å². The summed E-state index contributed by atoms with van der Waals surface area (Å²) in [5.74, 6) is 0.984. The number of nitrogens with one attached hydrogen (secondary N) is 3. The molecule has 0 radical (unpaired) electrons. The van der Waals surface area contributed by atoms with E-state index in [1.807, 2.05) is 13.1 Å². The molecule has 0 bridgehead atoms. The highest BCUT2D eigenvalue weighted by Crippen LogP contribution is 2.28. The number of piperidine rings is 1. The molecule has 1 aromatic rings. The summed E-state index contributed by atoms with van der Waals surface area (Å²) in [6.07, 6.45) is 4.23. The number of hydrogen-bond donors (Lipinski definition) is 3. The second-order valence-electron chi connectivity index (χ2n) is 6.87. The number of nitrogens with zero attached hydrogens (tertiary/aromatic N) is 1. The molecule has 18 heavy (non-hydrogen) atoms. The van der Waals surface area contributed by atoms with E-state index in [9.17, 15) is 0 Å². The number of rotatable bonds is 3. The van der Waals surface area contributed by atoms with Gasteiger partial charge in [0.1, 0.15) is 5.82 Å². The van der Waals surface area contributed by atoms with Crippen molar-refractivity contribution >= 4 is 0 Å². The lowest BCUT2D eigenvalue weighted by molar-refractivity contribution is 0.145. The number of H-pyrrole nitrogens is 1. The number of hydrogen-bond acceptors (Lipinski definition) is 3. The van der Waals surface area contributed by atoms with E-state index in [4.69, 9.17) is 0 Å². The van der Waals surface area contributed by atoms with Crippen molar-refractivity contribution in [2.24, 2.45) is 0 Å². The zero-order chi connectivity index (χ0) is 13.4. The zero-order valence-electron chi connectivity index (χ0n) is 12.2. The Hall–Kier alpha value is -0.870. The molecule has 0 atom stereocenters. The molecule has 0 aliphatic carbocycles. The number of aryl methyl sites for hydroxylation is 1. The minimum Gasteiger partial charge on any atom is -0.345 e. The van der Waals surface area contributed by atoms with E-state index in [0.29, 0.717) is 6.04 Å². The van der Waals surface area contributed by atoms with Crippen molar-refractivity contribution in [3.05, 3.63) is 17.7 Å². The molecule has 0 saturated carbocycles. The first-order chi connectivity index (χ1) is 8.26. The van der Waals surface area contributed by atoms with Gasteiger partial charge >= 0.3 is 0 Å². The molecule has 0 unspecified atom stereocenters. The van der Waals surface area contributed by atoms with Crippen LogP contribution in [0.15, 0.2) is 6.20 Å². The summed E-state index contributed by atoms with van der Waals surface area (Å²) in [5.41, 5.74) is 1.56. The van der Waals surface area contributed by atoms with Crippen molar-refractivity contribution < 1.29 is 0 Å². The van der Waals surface area contributed by atoms with Gasteiger partial charge in [0.15, 0.2) is 0 Å². The van der Waals surface area contributed by atoms with Crippen molar-refractivity contribution in [3.63, 3.8) is 0 Å². The SMILES string of the molecule is Cc1ncc(CNC2CC(C)(C)NC(C)(C)C2)[nH]1. The summed E-state index contributed by atoms with van der Waals surface area (Å²) in [4.78, 5) is 7.50. The molecule has 3 N–H and O–H groups in total. The molecule has 1 aromatic heterocycles. The van der Waals surface area contributed by atoms with Gasteiger partial charge < -0.3 is 15.6 Å². The molecule has 0 spiro atoms. The Morgan fingerprint density at radius 2 is 1.89 bits per heavy atom. The summed E-state index contributed by atoms with van der Waals surface area (Å²) < 4.78 is 0. The third-order valence-electron chi connectivity index (χ3n) is 3.53. The van der Waals surface area contributed by atoms with Crippen LogP contribution < -0.4 is 10.6 Å². The molecule has 2 rings (SSSR count). The Kier molecular flexibility index (Phi) is 3.52. The van der Waals surface area contributed by atoms with Crippen LogP contribution in [-0.2, 0) is 6.54 Å². The van der Waals surface area contributed by atoms with Crippen molar-refractivity contribution in [2.45, 2.75) is 71.1 Å². The van der Waals surface area contributed by atoms with Gasteiger partial charge in [0.2, 0.25) is 0 Å². The summed E-state index contributed by atoms with van der Waals surface area (Å²) in [6, 6.07) is 0.555. The van der Waals surface area contributed by atoms with Crippen LogP contribution in [0.5, 0.6) is 0 Å². The maximum atomic E-state index is 4.23. The number of aromatic nitrogens is 2. The predicted molar refractivity (Wildman–Crippen MR) is 74.5 cm³/mol. The number of aromatic amines is 1. The fourth-order valence-corrected chi connectivity index (χ4v) is 3.28. The van der Waals surface area contributed by atoms with E-state index < -0.39 is 0 Å². The molecule has 1 saturated heterocycles. The van der Waals surface area contributed by atoms with E-state index in [1.54, 1.807) is 0 Å². The smallest absolute Gasteiger partial charge is 0.103 e. The lowest BCUT2D eigenvalue weighted by Crippen LogP contribution is -2.61. The van der Waals surface area contributed by atoms with Crippen LogP contribution in [-0.4, -0.2) is 27.1 Å².